The molecule has 2 N–H and O–H groups in total. The molecule has 2 aromatic rings. The van der Waals surface area contributed by atoms with E-state index in [2.05, 4.69) is 5.32 Å². The number of carbonyl (C=O) groups is 2. The van der Waals surface area contributed by atoms with E-state index in [-0.39, 0.29) is 22.2 Å². The third-order valence-corrected chi connectivity index (χ3v) is 3.37. The monoisotopic (exact) mass is 313 g/mol. The third kappa shape index (κ3) is 2.79. The molecule has 0 spiro atoms. The first-order valence-corrected chi connectivity index (χ1v) is 6.25. The highest BCUT2D eigenvalue weighted by atomic mass is 35.5. The van der Waals surface area contributed by atoms with Gasteiger partial charge in [0.1, 0.15) is 0 Å². The zero-order chi connectivity index (χ0) is 14.9. The Morgan fingerprint density at radius 1 is 1.15 bits per heavy atom. The molecule has 0 saturated heterocycles. The van der Waals surface area contributed by atoms with Gasteiger partial charge in [0, 0.05) is 0 Å². The molecule has 0 fully saturated rings. The van der Waals surface area contributed by atoms with E-state index in [0.29, 0.717) is 5.02 Å². The number of aryl methyl sites for hydroxylation is 1. The van der Waals surface area contributed by atoms with Crippen molar-refractivity contribution in [1.82, 2.24) is 0 Å². The van der Waals surface area contributed by atoms with Gasteiger partial charge in [-0.2, -0.15) is 0 Å². The smallest absolute Gasteiger partial charge is 0.371 e. The first-order chi connectivity index (χ1) is 9.40. The van der Waals surface area contributed by atoms with Gasteiger partial charge in [0.15, 0.2) is 5.76 Å². The number of furan rings is 1. The number of benzene rings is 1. The van der Waals surface area contributed by atoms with Gasteiger partial charge in [-0.1, -0.05) is 29.3 Å². The number of carboxylic acids is 1. The van der Waals surface area contributed by atoms with Crippen molar-refractivity contribution in [2.75, 3.05) is 5.32 Å². The van der Waals surface area contributed by atoms with Crippen LogP contribution in [-0.4, -0.2) is 17.0 Å². The summed E-state index contributed by atoms with van der Waals surface area (Å²) in [7, 11) is 0. The van der Waals surface area contributed by atoms with E-state index in [1.165, 1.54) is 12.1 Å². The number of carboxylic acid groups (broad SMARTS) is 1. The predicted molar refractivity (Wildman–Crippen MR) is 74.8 cm³/mol. The van der Waals surface area contributed by atoms with Gasteiger partial charge in [-0.3, -0.25) is 4.79 Å². The van der Waals surface area contributed by atoms with Crippen LogP contribution in [0.15, 0.2) is 28.7 Å². The van der Waals surface area contributed by atoms with Crippen molar-refractivity contribution in [3.8, 4) is 0 Å². The van der Waals surface area contributed by atoms with Gasteiger partial charge in [0.05, 0.1) is 15.7 Å². The fourth-order valence-electron chi connectivity index (χ4n) is 1.52. The van der Waals surface area contributed by atoms with Gasteiger partial charge < -0.3 is 14.8 Å². The molecular weight excluding hydrogens is 305 g/mol. The highest BCUT2D eigenvalue weighted by Crippen LogP contribution is 2.33. The molecule has 0 aliphatic rings. The van der Waals surface area contributed by atoms with Crippen LogP contribution < -0.4 is 5.32 Å². The number of anilines is 1. The number of nitrogens with one attached hydrogen (secondary N) is 1. The molecule has 1 aromatic heterocycles. The molecule has 1 aromatic carbocycles. The van der Waals surface area contributed by atoms with Crippen molar-refractivity contribution < 1.29 is 19.1 Å². The molecule has 104 valence electrons. The summed E-state index contributed by atoms with van der Waals surface area (Å²) in [4.78, 5) is 22.6. The number of hydrogen-bond acceptors (Lipinski definition) is 3. The zero-order valence-electron chi connectivity index (χ0n) is 10.2. The van der Waals surface area contributed by atoms with E-state index in [0.717, 1.165) is 5.56 Å². The molecule has 5 nitrogen and oxygen atoms in total. The average molecular weight is 314 g/mol. The fraction of sp³-hybridized carbons (Fsp3) is 0.0769. The summed E-state index contributed by atoms with van der Waals surface area (Å²) in [6.45, 7) is 1.77. The lowest BCUT2D eigenvalue weighted by Crippen LogP contribution is -2.12. The summed E-state index contributed by atoms with van der Waals surface area (Å²) >= 11 is 12.0. The Hall–Kier alpha value is -1.98. The molecule has 0 aliphatic carbocycles. The summed E-state index contributed by atoms with van der Waals surface area (Å²) in [5.74, 6) is -2.35. The van der Waals surface area contributed by atoms with Gasteiger partial charge in [0.2, 0.25) is 5.76 Å². The predicted octanol–water partition coefficient (Wildman–Crippen LogP) is 3.85. The SMILES string of the molecule is Cc1ccc(Cl)c(NC(=O)c2ccc(C(=O)O)o2)c1Cl. The number of amides is 1. The van der Waals surface area contributed by atoms with Gasteiger partial charge in [0.25, 0.3) is 5.91 Å². The second kappa shape index (κ2) is 5.56. The van der Waals surface area contributed by atoms with Crippen LogP contribution in [0.3, 0.4) is 0 Å². The van der Waals surface area contributed by atoms with Crippen molar-refractivity contribution in [1.29, 1.82) is 0 Å². The van der Waals surface area contributed by atoms with Crippen molar-refractivity contribution >= 4 is 40.8 Å². The first kappa shape index (κ1) is 14.4. The summed E-state index contributed by atoms with van der Waals surface area (Å²) in [5.41, 5.74) is 1.00. The Balaban J connectivity index is 2.28. The van der Waals surface area contributed by atoms with E-state index in [4.69, 9.17) is 32.7 Å². The van der Waals surface area contributed by atoms with Gasteiger partial charge in [-0.15, -0.1) is 0 Å². The maximum atomic E-state index is 12.0. The largest absolute Gasteiger partial charge is 0.475 e. The van der Waals surface area contributed by atoms with Crippen LogP contribution in [0.25, 0.3) is 0 Å². The molecule has 0 unspecified atom stereocenters. The van der Waals surface area contributed by atoms with Gasteiger partial charge >= 0.3 is 5.97 Å². The Morgan fingerprint density at radius 3 is 2.40 bits per heavy atom. The van der Waals surface area contributed by atoms with E-state index in [1.54, 1.807) is 19.1 Å². The van der Waals surface area contributed by atoms with Crippen molar-refractivity contribution in [3.05, 3.63) is 51.4 Å². The van der Waals surface area contributed by atoms with Gasteiger partial charge in [-0.05, 0) is 30.7 Å². The van der Waals surface area contributed by atoms with E-state index < -0.39 is 11.9 Å². The highest BCUT2D eigenvalue weighted by molar-refractivity contribution is 6.40. The number of halogens is 2. The number of aromatic carboxylic acids is 1. The van der Waals surface area contributed by atoms with Crippen molar-refractivity contribution in [2.45, 2.75) is 6.92 Å². The molecule has 0 bridgehead atoms. The molecule has 0 atom stereocenters. The molecule has 2 rings (SSSR count). The van der Waals surface area contributed by atoms with E-state index in [1.807, 2.05) is 0 Å². The lowest BCUT2D eigenvalue weighted by molar-refractivity contribution is 0.0660. The Kier molecular flexibility index (Phi) is 4.01. The minimum Gasteiger partial charge on any atom is -0.475 e. The number of hydrogen-bond donors (Lipinski definition) is 2. The minimum absolute atomic E-state index is 0.143. The number of carbonyl (C=O) groups excluding carboxylic acids is 1. The van der Waals surface area contributed by atoms with Crippen LogP contribution in [0, 0.1) is 6.92 Å². The Labute approximate surface area is 124 Å². The van der Waals surface area contributed by atoms with E-state index >= 15 is 0 Å². The summed E-state index contributed by atoms with van der Waals surface area (Å²) < 4.78 is 4.89. The summed E-state index contributed by atoms with van der Waals surface area (Å²) in [6, 6.07) is 5.77. The summed E-state index contributed by atoms with van der Waals surface area (Å²) in [6.07, 6.45) is 0. The molecular formula is C13H9Cl2NO4. The van der Waals surface area contributed by atoms with Crippen LogP contribution in [0.1, 0.15) is 26.7 Å². The van der Waals surface area contributed by atoms with Crippen LogP contribution in [0.2, 0.25) is 10.0 Å². The lowest BCUT2D eigenvalue weighted by atomic mass is 10.2. The third-order valence-electron chi connectivity index (χ3n) is 2.56. The second-order valence-electron chi connectivity index (χ2n) is 3.98. The van der Waals surface area contributed by atoms with Crippen LogP contribution in [-0.2, 0) is 0 Å². The topological polar surface area (TPSA) is 79.5 Å². The maximum absolute atomic E-state index is 12.0. The Bertz CT molecular complexity index is 694. The van der Waals surface area contributed by atoms with Gasteiger partial charge in [-0.25, -0.2) is 4.79 Å². The highest BCUT2D eigenvalue weighted by Gasteiger charge is 2.17. The van der Waals surface area contributed by atoms with Crippen molar-refractivity contribution in [3.63, 3.8) is 0 Å². The first-order valence-electron chi connectivity index (χ1n) is 5.49. The normalized spacial score (nSPS) is 10.3. The van der Waals surface area contributed by atoms with Crippen LogP contribution in [0.5, 0.6) is 0 Å². The molecule has 7 heteroatoms. The lowest BCUT2D eigenvalue weighted by Gasteiger charge is -2.09. The molecule has 0 saturated carbocycles. The standard InChI is InChI=1S/C13H9Cl2NO4/c1-6-2-3-7(14)11(10(6)15)16-12(17)8-4-5-9(20-8)13(18)19/h2-5H,1H3,(H,16,17)(H,18,19). The summed E-state index contributed by atoms with van der Waals surface area (Å²) in [5, 5.41) is 11.8. The second-order valence-corrected chi connectivity index (χ2v) is 4.76. The minimum atomic E-state index is -1.25. The number of rotatable bonds is 3. The van der Waals surface area contributed by atoms with Crippen molar-refractivity contribution in [2.24, 2.45) is 0 Å². The molecule has 0 radical (unpaired) electrons. The van der Waals surface area contributed by atoms with Crippen LogP contribution >= 0.6 is 23.2 Å². The molecule has 20 heavy (non-hydrogen) atoms. The molecule has 1 amide bonds. The molecule has 0 aliphatic heterocycles. The maximum Gasteiger partial charge on any atom is 0.371 e. The zero-order valence-corrected chi connectivity index (χ0v) is 11.7. The average Bonchev–Trinajstić information content (AvgIpc) is 2.89. The Morgan fingerprint density at radius 2 is 1.80 bits per heavy atom. The molecule has 1 heterocycles. The van der Waals surface area contributed by atoms with Crippen LogP contribution in [0.4, 0.5) is 5.69 Å². The quantitative estimate of drug-likeness (QED) is 0.902. The fourth-order valence-corrected chi connectivity index (χ4v) is 1.99. The van der Waals surface area contributed by atoms with E-state index in [9.17, 15) is 9.59 Å².